The predicted molar refractivity (Wildman–Crippen MR) is 66.9 cm³/mol. The molecule has 0 spiro atoms. The molecule has 0 aliphatic heterocycles. The van der Waals surface area contributed by atoms with Crippen molar-refractivity contribution in [1.29, 1.82) is 0 Å². The van der Waals surface area contributed by atoms with Crippen LogP contribution in [-0.4, -0.2) is 30.1 Å². The van der Waals surface area contributed by atoms with Gasteiger partial charge in [0.1, 0.15) is 0 Å². The van der Waals surface area contributed by atoms with Gasteiger partial charge in [-0.3, -0.25) is 4.90 Å². The number of rotatable bonds is 4. The van der Waals surface area contributed by atoms with E-state index in [0.29, 0.717) is 12.0 Å². The molecule has 15 heavy (non-hydrogen) atoms. The van der Waals surface area contributed by atoms with Gasteiger partial charge in [0.2, 0.25) is 0 Å². The lowest BCUT2D eigenvalue weighted by Gasteiger charge is -2.46. The maximum absolute atomic E-state index is 6.06. The highest BCUT2D eigenvalue weighted by atomic mass is 15.2. The van der Waals surface area contributed by atoms with Crippen LogP contribution >= 0.6 is 0 Å². The van der Waals surface area contributed by atoms with Crippen LogP contribution in [0.15, 0.2) is 0 Å². The van der Waals surface area contributed by atoms with Crippen molar-refractivity contribution in [2.75, 3.05) is 13.6 Å². The van der Waals surface area contributed by atoms with E-state index in [1.807, 2.05) is 0 Å². The highest BCUT2D eigenvalue weighted by molar-refractivity contribution is 5.00. The SMILES string of the molecule is CC(C)C(C)N(C)C1(CN)CCCC1C. The van der Waals surface area contributed by atoms with Crippen molar-refractivity contribution in [3.8, 4) is 0 Å². The van der Waals surface area contributed by atoms with Crippen molar-refractivity contribution in [2.45, 2.75) is 58.5 Å². The van der Waals surface area contributed by atoms with Gasteiger partial charge in [-0.05, 0) is 38.6 Å². The summed E-state index contributed by atoms with van der Waals surface area (Å²) in [4.78, 5) is 2.55. The summed E-state index contributed by atoms with van der Waals surface area (Å²) < 4.78 is 0. The van der Waals surface area contributed by atoms with Gasteiger partial charge in [-0.15, -0.1) is 0 Å². The second-order valence-electron chi connectivity index (χ2n) is 5.70. The van der Waals surface area contributed by atoms with Crippen LogP contribution in [0.25, 0.3) is 0 Å². The molecule has 0 saturated heterocycles. The number of hydrogen-bond acceptors (Lipinski definition) is 2. The summed E-state index contributed by atoms with van der Waals surface area (Å²) in [6.07, 6.45) is 3.96. The Morgan fingerprint density at radius 3 is 2.33 bits per heavy atom. The number of nitrogens with two attached hydrogens (primary N) is 1. The largest absolute Gasteiger partial charge is 0.329 e. The second-order valence-corrected chi connectivity index (χ2v) is 5.70. The van der Waals surface area contributed by atoms with E-state index in [0.717, 1.165) is 12.5 Å². The zero-order valence-corrected chi connectivity index (χ0v) is 11.1. The molecule has 1 saturated carbocycles. The van der Waals surface area contributed by atoms with Gasteiger partial charge in [0.15, 0.2) is 0 Å². The molecule has 2 heteroatoms. The molecule has 0 aromatic rings. The molecule has 2 N–H and O–H groups in total. The van der Waals surface area contributed by atoms with Gasteiger partial charge in [0, 0.05) is 18.1 Å². The Balaban J connectivity index is 2.81. The fraction of sp³-hybridized carbons (Fsp3) is 1.00. The molecule has 0 heterocycles. The Morgan fingerprint density at radius 1 is 1.40 bits per heavy atom. The lowest BCUT2D eigenvalue weighted by atomic mass is 9.84. The predicted octanol–water partition coefficient (Wildman–Crippen LogP) is 2.48. The summed E-state index contributed by atoms with van der Waals surface area (Å²) in [7, 11) is 2.26. The maximum atomic E-state index is 6.06. The van der Waals surface area contributed by atoms with Gasteiger partial charge in [0.25, 0.3) is 0 Å². The summed E-state index contributed by atoms with van der Waals surface area (Å²) in [5.74, 6) is 1.44. The number of nitrogens with zero attached hydrogens (tertiary/aromatic N) is 1. The highest BCUT2D eigenvalue weighted by Crippen LogP contribution is 2.40. The first-order valence-corrected chi connectivity index (χ1v) is 6.38. The van der Waals surface area contributed by atoms with Gasteiger partial charge in [-0.1, -0.05) is 27.2 Å². The Labute approximate surface area is 95.2 Å². The average molecular weight is 212 g/mol. The standard InChI is InChI=1S/C13H28N2/c1-10(2)12(4)15(5)13(9-14)8-6-7-11(13)3/h10-12H,6-9,14H2,1-5H3. The maximum Gasteiger partial charge on any atom is 0.0357 e. The third kappa shape index (κ3) is 2.21. The van der Waals surface area contributed by atoms with Crippen molar-refractivity contribution in [2.24, 2.45) is 17.6 Å². The molecule has 3 unspecified atom stereocenters. The normalized spacial score (nSPS) is 34.0. The van der Waals surface area contributed by atoms with Crippen LogP contribution in [0.2, 0.25) is 0 Å². The van der Waals surface area contributed by atoms with Crippen molar-refractivity contribution in [1.82, 2.24) is 4.90 Å². The van der Waals surface area contributed by atoms with Crippen LogP contribution in [0.5, 0.6) is 0 Å². The minimum Gasteiger partial charge on any atom is -0.329 e. The van der Waals surface area contributed by atoms with E-state index in [1.54, 1.807) is 0 Å². The monoisotopic (exact) mass is 212 g/mol. The summed E-state index contributed by atoms with van der Waals surface area (Å²) in [5.41, 5.74) is 6.32. The minimum absolute atomic E-state index is 0.268. The average Bonchev–Trinajstić information content (AvgIpc) is 2.58. The Morgan fingerprint density at radius 2 is 2.00 bits per heavy atom. The van der Waals surface area contributed by atoms with E-state index in [2.05, 4.69) is 39.6 Å². The van der Waals surface area contributed by atoms with Gasteiger partial charge >= 0.3 is 0 Å². The molecule has 1 rings (SSSR count). The van der Waals surface area contributed by atoms with E-state index in [9.17, 15) is 0 Å². The van der Waals surface area contributed by atoms with E-state index in [1.165, 1.54) is 19.3 Å². The van der Waals surface area contributed by atoms with Crippen LogP contribution in [-0.2, 0) is 0 Å². The molecule has 2 nitrogen and oxygen atoms in total. The van der Waals surface area contributed by atoms with Gasteiger partial charge in [-0.2, -0.15) is 0 Å². The fourth-order valence-electron chi connectivity index (χ4n) is 3.05. The topological polar surface area (TPSA) is 29.3 Å². The quantitative estimate of drug-likeness (QED) is 0.776. The number of hydrogen-bond donors (Lipinski definition) is 1. The molecule has 1 aliphatic rings. The highest BCUT2D eigenvalue weighted by Gasteiger charge is 2.44. The summed E-state index contributed by atoms with van der Waals surface area (Å²) in [6, 6.07) is 0.620. The Kier molecular flexibility index (Phi) is 4.19. The minimum atomic E-state index is 0.268. The zero-order valence-electron chi connectivity index (χ0n) is 11.1. The molecular weight excluding hydrogens is 184 g/mol. The van der Waals surface area contributed by atoms with Crippen molar-refractivity contribution in [3.05, 3.63) is 0 Å². The summed E-state index contributed by atoms with van der Waals surface area (Å²) >= 11 is 0. The molecule has 3 atom stereocenters. The van der Waals surface area contributed by atoms with Crippen LogP contribution in [0.4, 0.5) is 0 Å². The van der Waals surface area contributed by atoms with E-state index < -0.39 is 0 Å². The second kappa shape index (κ2) is 4.84. The van der Waals surface area contributed by atoms with E-state index in [-0.39, 0.29) is 5.54 Å². The summed E-state index contributed by atoms with van der Waals surface area (Å²) in [6.45, 7) is 10.1. The molecule has 0 aromatic heterocycles. The first-order valence-electron chi connectivity index (χ1n) is 6.38. The van der Waals surface area contributed by atoms with Crippen LogP contribution < -0.4 is 5.73 Å². The molecular formula is C13H28N2. The van der Waals surface area contributed by atoms with Crippen LogP contribution in [0.1, 0.15) is 47.0 Å². The lowest BCUT2D eigenvalue weighted by Crippen LogP contribution is -2.58. The Hall–Kier alpha value is -0.0800. The van der Waals surface area contributed by atoms with E-state index >= 15 is 0 Å². The van der Waals surface area contributed by atoms with Gasteiger partial charge < -0.3 is 5.73 Å². The third-order valence-corrected chi connectivity index (χ3v) is 4.80. The lowest BCUT2D eigenvalue weighted by molar-refractivity contribution is 0.0379. The Bertz CT molecular complexity index is 203. The first kappa shape index (κ1) is 13.0. The third-order valence-electron chi connectivity index (χ3n) is 4.80. The molecule has 1 aliphatic carbocycles. The fourth-order valence-corrected chi connectivity index (χ4v) is 3.05. The molecule has 90 valence electrons. The van der Waals surface area contributed by atoms with Crippen molar-refractivity contribution in [3.63, 3.8) is 0 Å². The zero-order chi connectivity index (χ0) is 11.6. The van der Waals surface area contributed by atoms with Crippen molar-refractivity contribution < 1.29 is 0 Å². The summed E-state index contributed by atoms with van der Waals surface area (Å²) in [5, 5.41) is 0. The van der Waals surface area contributed by atoms with Gasteiger partial charge in [-0.25, -0.2) is 0 Å². The smallest absolute Gasteiger partial charge is 0.0357 e. The van der Waals surface area contributed by atoms with Crippen molar-refractivity contribution >= 4 is 0 Å². The molecule has 0 bridgehead atoms. The molecule has 0 radical (unpaired) electrons. The molecule has 0 amide bonds. The van der Waals surface area contributed by atoms with E-state index in [4.69, 9.17) is 5.73 Å². The van der Waals surface area contributed by atoms with Gasteiger partial charge in [0.05, 0.1) is 0 Å². The molecule has 0 aromatic carbocycles. The first-order chi connectivity index (χ1) is 6.95. The van der Waals surface area contributed by atoms with Crippen LogP contribution in [0.3, 0.4) is 0 Å². The number of likely N-dealkylation sites (N-methyl/N-ethyl adjacent to an activating group) is 1. The molecule has 1 fully saturated rings. The van der Waals surface area contributed by atoms with Crippen LogP contribution in [0, 0.1) is 11.8 Å².